The topological polar surface area (TPSA) is 277 Å². The number of rotatable bonds is 11. The molecule has 1 aliphatic heterocycles. The van der Waals surface area contributed by atoms with E-state index in [-0.39, 0.29) is 27.4 Å². The van der Waals surface area contributed by atoms with Gasteiger partial charge in [-0.05, 0) is 31.5 Å². The number of nitro benzene ring substituents is 1. The van der Waals surface area contributed by atoms with Crippen LogP contribution in [0.15, 0.2) is 34.8 Å². The molecule has 0 aliphatic carbocycles. The minimum absolute atomic E-state index is 0.00421. The molecule has 0 bridgehead atoms. The minimum Gasteiger partial charge on any atom is -0.458 e. The highest BCUT2D eigenvalue weighted by molar-refractivity contribution is 7.84. The van der Waals surface area contributed by atoms with Crippen LogP contribution in [0.2, 0.25) is 0 Å². The summed E-state index contributed by atoms with van der Waals surface area (Å²) in [6, 6.07) is 1.51. The van der Waals surface area contributed by atoms with Gasteiger partial charge >= 0.3 is 16.3 Å². The number of hydrogen-bond donors (Lipinski definition) is 4. The summed E-state index contributed by atoms with van der Waals surface area (Å²) in [6.07, 6.45) is 0. The molecule has 3 amide bonds. The van der Waals surface area contributed by atoms with Crippen molar-refractivity contribution in [2.24, 2.45) is 10.9 Å². The third kappa shape index (κ3) is 6.47. The third-order valence-electron chi connectivity index (χ3n) is 5.23. The number of anilines is 1. The third-order valence-corrected chi connectivity index (χ3v) is 6.81. The van der Waals surface area contributed by atoms with Crippen LogP contribution in [0.5, 0.6) is 0 Å². The standard InChI is InChI=1S/C20H21N7O11S2/c1-20(2,18(31)37-7-9-3-5-10(6-4-9)27(32)33)38-25-12(11-8-39-19(22)23-11)16(29)24-13-14(15(21)28)26(17(13)30)40(34,35)36/h3-6,8,13-14H,7H2,1-2H3,(H2,21,28)(H2,22,23)(H,24,29)(H,34,35,36)/b25-12+. The Morgan fingerprint density at radius 1 is 1.30 bits per heavy atom. The first kappa shape index (κ1) is 29.9. The first-order chi connectivity index (χ1) is 18.5. The maximum Gasteiger partial charge on any atom is 0.363 e. The molecular weight excluding hydrogens is 578 g/mol. The number of hydrogen-bond acceptors (Lipinski definition) is 14. The Balaban J connectivity index is 1.77. The molecule has 18 nitrogen and oxygen atoms in total. The highest BCUT2D eigenvalue weighted by Gasteiger charge is 2.57. The summed E-state index contributed by atoms with van der Waals surface area (Å²) >= 11 is 0.902. The van der Waals surface area contributed by atoms with Crippen LogP contribution >= 0.6 is 11.3 Å². The van der Waals surface area contributed by atoms with Crippen LogP contribution in [0.1, 0.15) is 25.1 Å². The van der Waals surface area contributed by atoms with Gasteiger partial charge in [0.15, 0.2) is 16.9 Å². The van der Waals surface area contributed by atoms with E-state index in [4.69, 9.17) is 25.6 Å². The second-order valence-electron chi connectivity index (χ2n) is 8.52. The normalized spacial score (nSPS) is 17.5. The van der Waals surface area contributed by atoms with Gasteiger partial charge in [0.05, 0.1) is 4.92 Å². The van der Waals surface area contributed by atoms with Crippen LogP contribution < -0.4 is 16.8 Å². The number of benzene rings is 1. The van der Waals surface area contributed by atoms with Gasteiger partial charge in [0.25, 0.3) is 17.5 Å². The van der Waals surface area contributed by atoms with Crippen LogP contribution in [0, 0.1) is 10.1 Å². The Morgan fingerprint density at radius 3 is 2.42 bits per heavy atom. The number of nitro groups is 1. The Hall–Kier alpha value is -4.69. The summed E-state index contributed by atoms with van der Waals surface area (Å²) < 4.78 is 36.9. The number of carbonyl (C=O) groups excluding carboxylic acids is 4. The number of β-lactam (4-membered cyclic amide) rings is 1. The lowest BCUT2D eigenvalue weighted by Gasteiger charge is -2.41. The molecule has 0 radical (unpaired) electrons. The predicted molar refractivity (Wildman–Crippen MR) is 134 cm³/mol. The number of non-ortho nitro benzene ring substituents is 1. The average molecular weight is 600 g/mol. The number of nitrogens with zero attached hydrogens (tertiary/aromatic N) is 4. The molecule has 0 spiro atoms. The molecule has 214 valence electrons. The molecule has 2 atom stereocenters. The number of esters is 1. The number of thiazole rings is 1. The number of carbonyl (C=O) groups is 4. The second kappa shape index (κ2) is 11.2. The van der Waals surface area contributed by atoms with Gasteiger partial charge in [0, 0.05) is 17.5 Å². The zero-order valence-electron chi connectivity index (χ0n) is 20.5. The molecule has 1 aromatic heterocycles. The summed E-state index contributed by atoms with van der Waals surface area (Å²) in [5, 5.41) is 17.8. The van der Waals surface area contributed by atoms with Crippen LogP contribution in [0.3, 0.4) is 0 Å². The van der Waals surface area contributed by atoms with E-state index in [1.807, 2.05) is 0 Å². The smallest absolute Gasteiger partial charge is 0.363 e. The molecular formula is C20H21N7O11S2. The van der Waals surface area contributed by atoms with E-state index >= 15 is 0 Å². The monoisotopic (exact) mass is 599 g/mol. The van der Waals surface area contributed by atoms with E-state index in [0.717, 1.165) is 11.3 Å². The first-order valence-electron chi connectivity index (χ1n) is 10.8. The number of oxime groups is 1. The molecule has 1 aromatic carbocycles. The molecule has 1 aliphatic rings. The average Bonchev–Trinajstić information content (AvgIpc) is 3.28. The van der Waals surface area contributed by atoms with Crippen molar-refractivity contribution < 1.29 is 46.6 Å². The Morgan fingerprint density at radius 2 is 1.93 bits per heavy atom. The second-order valence-corrected chi connectivity index (χ2v) is 10.7. The van der Waals surface area contributed by atoms with Gasteiger partial charge in [-0.15, -0.1) is 11.3 Å². The van der Waals surface area contributed by atoms with Crippen molar-refractivity contribution in [1.82, 2.24) is 14.6 Å². The minimum atomic E-state index is -5.15. The van der Waals surface area contributed by atoms with E-state index in [1.54, 1.807) is 0 Å². The SMILES string of the molecule is CC(C)(O/N=C(/C(=O)NC1C(=O)N(S(=O)(=O)O)C1C(N)=O)c1csc(N)n1)C(=O)OCc1ccc([N+](=O)[O-])cc1. The highest BCUT2D eigenvalue weighted by Crippen LogP contribution is 2.24. The zero-order chi connectivity index (χ0) is 30.0. The Bertz CT molecular complexity index is 1500. The summed E-state index contributed by atoms with van der Waals surface area (Å²) in [5.74, 6) is -4.83. The fraction of sp³-hybridized carbons (Fsp3) is 0.300. The van der Waals surface area contributed by atoms with E-state index in [2.05, 4.69) is 15.5 Å². The van der Waals surface area contributed by atoms with Crippen molar-refractivity contribution in [3.63, 3.8) is 0 Å². The van der Waals surface area contributed by atoms with Crippen molar-refractivity contribution in [2.75, 3.05) is 5.73 Å². The van der Waals surface area contributed by atoms with Crippen LogP contribution in [-0.4, -0.2) is 74.3 Å². The lowest BCUT2D eigenvalue weighted by atomic mass is 9.98. The summed E-state index contributed by atoms with van der Waals surface area (Å²) in [4.78, 5) is 68.9. The molecule has 0 saturated carbocycles. The quantitative estimate of drug-likeness (QED) is 0.0594. The van der Waals surface area contributed by atoms with Gasteiger partial charge in [0.1, 0.15) is 18.3 Å². The lowest BCUT2D eigenvalue weighted by molar-refractivity contribution is -0.384. The van der Waals surface area contributed by atoms with E-state index in [9.17, 15) is 37.7 Å². The maximum atomic E-state index is 13.0. The lowest BCUT2D eigenvalue weighted by Crippen LogP contribution is -2.75. The number of ether oxygens (including phenoxy) is 1. The van der Waals surface area contributed by atoms with Gasteiger partial charge in [-0.2, -0.15) is 12.7 Å². The van der Waals surface area contributed by atoms with Gasteiger partial charge in [-0.1, -0.05) is 5.16 Å². The van der Waals surface area contributed by atoms with E-state index < -0.39 is 62.3 Å². The number of aromatic nitrogens is 1. The van der Waals surface area contributed by atoms with E-state index in [0.29, 0.717) is 5.56 Å². The van der Waals surface area contributed by atoms with Crippen LogP contribution in [0.4, 0.5) is 10.8 Å². The molecule has 1 saturated heterocycles. The summed E-state index contributed by atoms with van der Waals surface area (Å²) in [6.45, 7) is 2.23. The largest absolute Gasteiger partial charge is 0.458 e. The Kier molecular flexibility index (Phi) is 8.36. The number of amides is 3. The summed E-state index contributed by atoms with van der Waals surface area (Å²) in [5.41, 5.74) is 8.42. The van der Waals surface area contributed by atoms with Crippen LogP contribution in [0.25, 0.3) is 0 Å². The number of nitrogen functional groups attached to an aromatic ring is 1. The molecule has 3 rings (SSSR count). The summed E-state index contributed by atoms with van der Waals surface area (Å²) in [7, 11) is -5.15. The van der Waals surface area contributed by atoms with Gasteiger partial charge in [0.2, 0.25) is 11.5 Å². The number of nitrogens with two attached hydrogens (primary N) is 2. The van der Waals surface area contributed by atoms with Crippen molar-refractivity contribution in [3.05, 3.63) is 51.0 Å². The number of nitrogens with one attached hydrogen (secondary N) is 1. The van der Waals surface area contributed by atoms with Gasteiger partial charge < -0.3 is 26.4 Å². The molecule has 2 aromatic rings. The van der Waals surface area contributed by atoms with Crippen molar-refractivity contribution >= 4 is 61.9 Å². The van der Waals surface area contributed by atoms with Gasteiger partial charge in [-0.3, -0.25) is 29.1 Å². The Labute approximate surface area is 228 Å². The molecule has 1 fully saturated rings. The van der Waals surface area contributed by atoms with Gasteiger partial charge in [-0.25, -0.2) is 9.78 Å². The molecule has 40 heavy (non-hydrogen) atoms. The van der Waals surface area contributed by atoms with Crippen molar-refractivity contribution in [1.29, 1.82) is 0 Å². The van der Waals surface area contributed by atoms with E-state index in [1.165, 1.54) is 43.5 Å². The fourth-order valence-corrected chi connectivity index (χ4v) is 4.59. The number of primary amides is 1. The molecule has 20 heteroatoms. The molecule has 2 heterocycles. The highest BCUT2D eigenvalue weighted by atomic mass is 32.2. The fourth-order valence-electron chi connectivity index (χ4n) is 3.18. The van der Waals surface area contributed by atoms with Crippen molar-refractivity contribution in [2.45, 2.75) is 38.1 Å². The predicted octanol–water partition coefficient (Wildman–Crippen LogP) is -1.14. The molecule has 6 N–H and O–H groups in total. The van der Waals surface area contributed by atoms with Crippen LogP contribution in [-0.2, 0) is 45.7 Å². The first-order valence-corrected chi connectivity index (χ1v) is 13.1. The van der Waals surface area contributed by atoms with Crippen molar-refractivity contribution in [3.8, 4) is 0 Å². The zero-order valence-corrected chi connectivity index (χ0v) is 22.2. The maximum absolute atomic E-state index is 13.0. The molecule has 2 unspecified atom stereocenters.